The molecule has 0 spiro atoms. The SMILES string of the molecule is CCOC(=O)CCNC(=O)OC[C@H]1O[C@@H](O)[C@H](OC(=O)NCC[NH3+])[C@@H](O)[C@@H]1O. The van der Waals surface area contributed by atoms with Gasteiger partial charge in [-0.15, -0.1) is 0 Å². The van der Waals surface area contributed by atoms with E-state index in [0.717, 1.165) is 0 Å². The molecule has 1 aliphatic rings. The van der Waals surface area contributed by atoms with Crippen LogP contribution < -0.4 is 16.4 Å². The van der Waals surface area contributed by atoms with E-state index < -0.39 is 55.5 Å². The molecule has 0 radical (unpaired) electrons. The number of aliphatic hydroxyl groups excluding tert-OH is 3. The average molecular weight is 410 g/mol. The Kier molecular flexibility index (Phi) is 10.5. The van der Waals surface area contributed by atoms with E-state index >= 15 is 0 Å². The second kappa shape index (κ2) is 12.3. The van der Waals surface area contributed by atoms with Crippen LogP contribution in [-0.4, -0.2) is 97.0 Å². The van der Waals surface area contributed by atoms with Crippen LogP contribution in [0.5, 0.6) is 0 Å². The first kappa shape index (κ1) is 23.8. The summed E-state index contributed by atoms with van der Waals surface area (Å²) in [5.74, 6) is -0.481. The molecule has 162 valence electrons. The number of carbonyl (C=O) groups excluding carboxylic acids is 3. The van der Waals surface area contributed by atoms with Gasteiger partial charge in [0.05, 0.1) is 26.1 Å². The van der Waals surface area contributed by atoms with Gasteiger partial charge in [0.2, 0.25) is 0 Å². The van der Waals surface area contributed by atoms with Crippen molar-refractivity contribution in [1.82, 2.24) is 10.6 Å². The number of amides is 2. The van der Waals surface area contributed by atoms with Gasteiger partial charge in [0.15, 0.2) is 12.4 Å². The summed E-state index contributed by atoms with van der Waals surface area (Å²) in [6.45, 7) is 2.00. The molecule has 0 saturated carbocycles. The second-order valence-corrected chi connectivity index (χ2v) is 5.78. The maximum Gasteiger partial charge on any atom is 0.407 e. The van der Waals surface area contributed by atoms with Crippen LogP contribution in [0.1, 0.15) is 13.3 Å². The van der Waals surface area contributed by atoms with Crippen molar-refractivity contribution in [2.24, 2.45) is 0 Å². The van der Waals surface area contributed by atoms with Gasteiger partial charge >= 0.3 is 18.2 Å². The molecule has 0 bridgehead atoms. The van der Waals surface area contributed by atoms with Crippen LogP contribution in [0.2, 0.25) is 0 Å². The number of ether oxygens (including phenoxy) is 4. The smallest absolute Gasteiger partial charge is 0.407 e. The lowest BCUT2D eigenvalue weighted by molar-refractivity contribution is -0.364. The lowest BCUT2D eigenvalue weighted by atomic mass is 9.99. The predicted octanol–water partition coefficient (Wildman–Crippen LogP) is -3.56. The summed E-state index contributed by atoms with van der Waals surface area (Å²) in [5.41, 5.74) is 3.52. The van der Waals surface area contributed by atoms with Crippen LogP contribution in [0.3, 0.4) is 0 Å². The summed E-state index contributed by atoms with van der Waals surface area (Å²) >= 11 is 0. The normalized spacial score (nSPS) is 26.8. The molecule has 28 heavy (non-hydrogen) atoms. The van der Waals surface area contributed by atoms with Gasteiger partial charge in [0.1, 0.15) is 24.9 Å². The maximum absolute atomic E-state index is 11.6. The third kappa shape index (κ3) is 7.82. The van der Waals surface area contributed by atoms with E-state index in [9.17, 15) is 29.7 Å². The predicted molar refractivity (Wildman–Crippen MR) is 89.5 cm³/mol. The molecule has 2 amide bonds. The number of quaternary nitrogens is 1. The zero-order valence-electron chi connectivity index (χ0n) is 15.5. The van der Waals surface area contributed by atoms with Crippen molar-refractivity contribution in [3.63, 3.8) is 0 Å². The summed E-state index contributed by atoms with van der Waals surface area (Å²) in [5, 5.41) is 34.6. The molecule has 5 atom stereocenters. The van der Waals surface area contributed by atoms with Gasteiger partial charge in [-0.2, -0.15) is 0 Å². The quantitative estimate of drug-likeness (QED) is 0.163. The molecule has 0 unspecified atom stereocenters. The summed E-state index contributed by atoms with van der Waals surface area (Å²) < 4.78 is 19.4. The lowest BCUT2D eigenvalue weighted by Crippen LogP contribution is -2.61. The van der Waals surface area contributed by atoms with Gasteiger partial charge in [0, 0.05) is 6.54 Å². The maximum atomic E-state index is 11.6. The number of aliphatic hydroxyl groups is 3. The number of nitrogens with one attached hydrogen (secondary N) is 2. The summed E-state index contributed by atoms with van der Waals surface area (Å²) in [6.07, 6.45) is -9.66. The van der Waals surface area contributed by atoms with E-state index in [0.29, 0.717) is 6.54 Å². The van der Waals surface area contributed by atoms with Gasteiger partial charge in [-0.3, -0.25) is 4.79 Å². The minimum absolute atomic E-state index is 0.0186. The first-order valence-electron chi connectivity index (χ1n) is 8.79. The topological polar surface area (TPSA) is 201 Å². The van der Waals surface area contributed by atoms with Crippen molar-refractivity contribution in [2.75, 3.05) is 32.8 Å². The van der Waals surface area contributed by atoms with E-state index in [-0.39, 0.29) is 26.1 Å². The average Bonchev–Trinajstić information content (AvgIpc) is 2.65. The van der Waals surface area contributed by atoms with Crippen molar-refractivity contribution in [2.45, 2.75) is 44.1 Å². The van der Waals surface area contributed by atoms with Crippen LogP contribution >= 0.6 is 0 Å². The molecule has 1 saturated heterocycles. The van der Waals surface area contributed by atoms with Crippen molar-refractivity contribution in [3.05, 3.63) is 0 Å². The Morgan fingerprint density at radius 3 is 2.36 bits per heavy atom. The number of hydrogen-bond donors (Lipinski definition) is 6. The van der Waals surface area contributed by atoms with Gasteiger partial charge in [-0.25, -0.2) is 9.59 Å². The Hall–Kier alpha value is -2.19. The van der Waals surface area contributed by atoms with E-state index in [1.54, 1.807) is 6.92 Å². The number of esters is 1. The molecule has 0 aliphatic carbocycles. The highest BCUT2D eigenvalue weighted by molar-refractivity contribution is 5.71. The molecule has 1 heterocycles. The second-order valence-electron chi connectivity index (χ2n) is 5.78. The Morgan fingerprint density at radius 2 is 1.71 bits per heavy atom. The Balaban J connectivity index is 2.41. The first-order chi connectivity index (χ1) is 13.3. The largest absolute Gasteiger partial charge is 0.466 e. The molecule has 0 aromatic carbocycles. The van der Waals surface area contributed by atoms with Gasteiger partial charge in [-0.05, 0) is 6.92 Å². The van der Waals surface area contributed by atoms with Crippen molar-refractivity contribution < 1.29 is 54.4 Å². The third-order valence-electron chi connectivity index (χ3n) is 3.63. The highest BCUT2D eigenvalue weighted by Crippen LogP contribution is 2.22. The lowest BCUT2D eigenvalue weighted by Gasteiger charge is -2.39. The molecule has 0 aromatic heterocycles. The summed E-state index contributed by atoms with van der Waals surface area (Å²) in [4.78, 5) is 34.2. The fourth-order valence-corrected chi connectivity index (χ4v) is 2.25. The van der Waals surface area contributed by atoms with E-state index in [1.807, 2.05) is 0 Å². The number of rotatable bonds is 9. The van der Waals surface area contributed by atoms with E-state index in [4.69, 9.17) is 18.9 Å². The number of hydrogen-bond acceptors (Lipinski definition) is 10. The summed E-state index contributed by atoms with van der Waals surface area (Å²) in [6, 6.07) is 0. The van der Waals surface area contributed by atoms with Crippen LogP contribution in [0.4, 0.5) is 9.59 Å². The monoisotopic (exact) mass is 410 g/mol. The van der Waals surface area contributed by atoms with Crippen molar-refractivity contribution >= 4 is 18.2 Å². The van der Waals surface area contributed by atoms with E-state index in [2.05, 4.69) is 16.4 Å². The highest BCUT2D eigenvalue weighted by atomic mass is 16.7. The highest BCUT2D eigenvalue weighted by Gasteiger charge is 2.46. The first-order valence-corrected chi connectivity index (χ1v) is 8.79. The third-order valence-corrected chi connectivity index (χ3v) is 3.63. The molecular formula is C15H28N3O10+. The standard InChI is InChI=1S/C15H27N3O10/c1-2-25-9(19)3-5-17-14(23)26-7-8-10(20)11(21)12(13(22)27-8)28-15(24)18-6-4-16/h8,10-13,20-22H,2-7,16H2,1H3,(H,17,23)(H,18,24)/p+1/t8-,10-,11+,12-,13-/m1/s1. The number of alkyl carbamates (subject to hydrolysis) is 2. The van der Waals surface area contributed by atoms with Gasteiger partial charge in [0.25, 0.3) is 0 Å². The number of carbonyl (C=O) groups is 3. The van der Waals surface area contributed by atoms with Gasteiger partial charge < -0.3 is 50.6 Å². The molecular weight excluding hydrogens is 382 g/mol. The zero-order chi connectivity index (χ0) is 21.1. The fraction of sp³-hybridized carbons (Fsp3) is 0.800. The molecule has 1 fully saturated rings. The van der Waals surface area contributed by atoms with Gasteiger partial charge in [-0.1, -0.05) is 0 Å². The van der Waals surface area contributed by atoms with Crippen LogP contribution in [0.15, 0.2) is 0 Å². The summed E-state index contributed by atoms with van der Waals surface area (Å²) in [7, 11) is 0. The minimum atomic E-state index is -1.75. The van der Waals surface area contributed by atoms with Crippen LogP contribution in [0, 0.1) is 0 Å². The molecule has 13 heteroatoms. The van der Waals surface area contributed by atoms with Crippen molar-refractivity contribution in [3.8, 4) is 0 Å². The molecule has 1 rings (SSSR count). The molecule has 8 N–H and O–H groups in total. The molecule has 0 aromatic rings. The Labute approximate surface area is 161 Å². The Morgan fingerprint density at radius 1 is 1.04 bits per heavy atom. The van der Waals surface area contributed by atoms with Crippen LogP contribution in [-0.2, 0) is 23.7 Å². The van der Waals surface area contributed by atoms with Crippen LogP contribution in [0.25, 0.3) is 0 Å². The molecule has 1 aliphatic heterocycles. The van der Waals surface area contributed by atoms with E-state index in [1.165, 1.54) is 0 Å². The zero-order valence-corrected chi connectivity index (χ0v) is 15.5. The van der Waals surface area contributed by atoms with Crippen molar-refractivity contribution in [1.29, 1.82) is 0 Å². The molecule has 13 nitrogen and oxygen atoms in total. The minimum Gasteiger partial charge on any atom is -0.466 e. The fourth-order valence-electron chi connectivity index (χ4n) is 2.25. The Bertz CT molecular complexity index is 520.